The van der Waals surface area contributed by atoms with Crippen LogP contribution in [0.15, 0.2) is 96.2 Å². The van der Waals surface area contributed by atoms with Gasteiger partial charge in [0, 0.05) is 23.5 Å². The molecule has 9 heteroatoms. The summed E-state index contributed by atoms with van der Waals surface area (Å²) in [6, 6.07) is 13.1. The number of carbonyl (C=O) groups is 2. The van der Waals surface area contributed by atoms with E-state index in [1.54, 1.807) is 30.4 Å². The van der Waals surface area contributed by atoms with Gasteiger partial charge in [0.05, 0.1) is 23.2 Å². The zero-order valence-electron chi connectivity index (χ0n) is 18.1. The Morgan fingerprint density at radius 2 is 1.89 bits per heavy atom. The quantitative estimate of drug-likeness (QED) is 0.506. The van der Waals surface area contributed by atoms with Gasteiger partial charge in [0.1, 0.15) is 11.4 Å². The Labute approximate surface area is 198 Å². The third-order valence-corrected chi connectivity index (χ3v) is 5.52. The molecule has 2 aliphatic rings. The van der Waals surface area contributed by atoms with Crippen molar-refractivity contribution in [2.24, 2.45) is 0 Å². The number of benzene rings is 2. The highest BCUT2D eigenvalue weighted by Crippen LogP contribution is 2.39. The van der Waals surface area contributed by atoms with E-state index < -0.39 is 29.0 Å². The maximum atomic E-state index is 13.3. The van der Waals surface area contributed by atoms with Crippen LogP contribution in [0, 0.1) is 5.82 Å². The number of nitrogens with one attached hydrogen (secondary N) is 2. The highest BCUT2D eigenvalue weighted by molar-refractivity contribution is 6.33. The number of nitrogens with zero attached hydrogens (tertiary/aromatic N) is 1. The average Bonchev–Trinajstić information content (AvgIpc) is 3.16. The summed E-state index contributed by atoms with van der Waals surface area (Å²) < 4.78 is 19.7. The minimum Gasteiger partial charge on any atom is -0.463 e. The molecule has 35 heavy (non-hydrogen) atoms. The summed E-state index contributed by atoms with van der Waals surface area (Å²) in [5.74, 6) is -3.41. The molecule has 3 heterocycles. The number of fused-ring (bicyclic) bond motifs is 1. The molecule has 0 saturated heterocycles. The van der Waals surface area contributed by atoms with Gasteiger partial charge in [-0.25, -0.2) is 4.39 Å². The van der Waals surface area contributed by atoms with Gasteiger partial charge in [-0.2, -0.15) is 0 Å². The van der Waals surface area contributed by atoms with Crippen molar-refractivity contribution in [3.8, 4) is 5.69 Å². The number of para-hydroxylation sites is 1. The Morgan fingerprint density at radius 1 is 1.09 bits per heavy atom. The van der Waals surface area contributed by atoms with Gasteiger partial charge in [-0.3, -0.25) is 19.0 Å². The molecule has 0 bridgehead atoms. The highest BCUT2D eigenvalue weighted by Gasteiger charge is 2.32. The maximum absolute atomic E-state index is 13.3. The summed E-state index contributed by atoms with van der Waals surface area (Å²) in [7, 11) is 0. The van der Waals surface area contributed by atoms with Gasteiger partial charge in [0.2, 0.25) is 5.79 Å². The summed E-state index contributed by atoms with van der Waals surface area (Å²) in [6.07, 6.45) is 8.63. The monoisotopic (exact) mass is 471 g/mol. The maximum Gasteiger partial charge on any atom is 0.267 e. The summed E-state index contributed by atoms with van der Waals surface area (Å²) in [6.45, 7) is 0. The Kier molecular flexibility index (Phi) is 5.38. The van der Waals surface area contributed by atoms with Crippen molar-refractivity contribution in [1.82, 2.24) is 4.57 Å². The number of rotatable bonds is 4. The van der Waals surface area contributed by atoms with Crippen LogP contribution in [0.3, 0.4) is 0 Å². The second kappa shape index (κ2) is 8.54. The SMILES string of the molecule is O=C1Nc2c(NC(=O)c3cccn(-c4ccc(F)cc4)c3=O)cccc2C1=CC1(O)C=CC=CO1. The Balaban J connectivity index is 1.46. The number of anilines is 2. The molecule has 0 aliphatic carbocycles. The Bertz CT molecular complexity index is 1500. The van der Waals surface area contributed by atoms with Gasteiger partial charge in [0.15, 0.2) is 0 Å². The minimum absolute atomic E-state index is 0.142. The molecule has 8 nitrogen and oxygen atoms in total. The van der Waals surface area contributed by atoms with Crippen molar-refractivity contribution in [3.05, 3.63) is 119 Å². The summed E-state index contributed by atoms with van der Waals surface area (Å²) >= 11 is 0. The second-order valence-electron chi connectivity index (χ2n) is 7.83. The molecular formula is C26H18FN3O5. The topological polar surface area (TPSA) is 110 Å². The molecule has 2 amide bonds. The molecule has 1 unspecified atom stereocenters. The molecule has 5 rings (SSSR count). The first-order valence-corrected chi connectivity index (χ1v) is 10.6. The van der Waals surface area contributed by atoms with Crippen LogP contribution in [-0.2, 0) is 9.53 Å². The van der Waals surface area contributed by atoms with E-state index in [4.69, 9.17) is 4.74 Å². The van der Waals surface area contributed by atoms with Crippen LogP contribution >= 0.6 is 0 Å². The molecule has 0 radical (unpaired) electrons. The first-order chi connectivity index (χ1) is 16.8. The zero-order chi connectivity index (χ0) is 24.6. The van der Waals surface area contributed by atoms with E-state index in [0.29, 0.717) is 16.9 Å². The third-order valence-electron chi connectivity index (χ3n) is 5.52. The number of aromatic nitrogens is 1. The summed E-state index contributed by atoms with van der Waals surface area (Å²) in [5, 5.41) is 15.9. The molecule has 174 valence electrons. The van der Waals surface area contributed by atoms with Crippen molar-refractivity contribution < 1.29 is 23.8 Å². The molecule has 1 atom stereocenters. The van der Waals surface area contributed by atoms with E-state index in [2.05, 4.69) is 10.6 Å². The number of amides is 2. The van der Waals surface area contributed by atoms with Crippen molar-refractivity contribution in [3.63, 3.8) is 0 Å². The van der Waals surface area contributed by atoms with Crippen LogP contribution in [0.5, 0.6) is 0 Å². The van der Waals surface area contributed by atoms with Crippen molar-refractivity contribution in [2.75, 3.05) is 10.6 Å². The van der Waals surface area contributed by atoms with Gasteiger partial charge in [-0.05, 0) is 54.6 Å². The van der Waals surface area contributed by atoms with E-state index >= 15 is 0 Å². The highest BCUT2D eigenvalue weighted by atomic mass is 19.1. The number of pyridine rings is 1. The van der Waals surface area contributed by atoms with Crippen LogP contribution in [0.25, 0.3) is 11.3 Å². The van der Waals surface area contributed by atoms with Gasteiger partial charge in [-0.15, -0.1) is 0 Å². The first-order valence-electron chi connectivity index (χ1n) is 10.6. The normalized spacial score (nSPS) is 19.3. The van der Waals surface area contributed by atoms with E-state index in [1.165, 1.54) is 65.6 Å². The van der Waals surface area contributed by atoms with Crippen LogP contribution in [0.1, 0.15) is 15.9 Å². The summed E-state index contributed by atoms with van der Waals surface area (Å²) in [5.41, 5.74) is 0.877. The number of carbonyl (C=O) groups excluding carboxylic acids is 2. The van der Waals surface area contributed by atoms with Crippen LogP contribution < -0.4 is 16.2 Å². The van der Waals surface area contributed by atoms with Crippen LogP contribution in [-0.4, -0.2) is 27.3 Å². The third kappa shape index (κ3) is 4.16. The molecule has 1 aromatic heterocycles. The van der Waals surface area contributed by atoms with Crippen LogP contribution in [0.2, 0.25) is 0 Å². The molecular weight excluding hydrogens is 453 g/mol. The fourth-order valence-electron chi connectivity index (χ4n) is 3.84. The lowest BCUT2D eigenvalue weighted by molar-refractivity contribution is -0.111. The average molecular weight is 471 g/mol. The molecule has 2 aliphatic heterocycles. The second-order valence-corrected chi connectivity index (χ2v) is 7.83. The molecule has 3 aromatic rings. The van der Waals surface area contributed by atoms with Gasteiger partial charge in [-0.1, -0.05) is 18.2 Å². The lowest BCUT2D eigenvalue weighted by Crippen LogP contribution is -2.28. The fourth-order valence-corrected chi connectivity index (χ4v) is 3.84. The summed E-state index contributed by atoms with van der Waals surface area (Å²) in [4.78, 5) is 38.6. The number of allylic oxidation sites excluding steroid dienone is 2. The minimum atomic E-state index is -1.79. The zero-order valence-corrected chi connectivity index (χ0v) is 18.1. The number of hydrogen-bond donors (Lipinski definition) is 3. The largest absolute Gasteiger partial charge is 0.463 e. The van der Waals surface area contributed by atoms with E-state index in [1.807, 2.05) is 0 Å². The van der Waals surface area contributed by atoms with Gasteiger partial charge >= 0.3 is 0 Å². The number of hydrogen-bond acceptors (Lipinski definition) is 5. The molecule has 2 aromatic carbocycles. The smallest absolute Gasteiger partial charge is 0.267 e. The fraction of sp³-hybridized carbons (Fsp3) is 0.0385. The Morgan fingerprint density at radius 3 is 2.63 bits per heavy atom. The molecule has 0 saturated carbocycles. The molecule has 0 fully saturated rings. The van der Waals surface area contributed by atoms with Crippen LogP contribution in [0.4, 0.5) is 15.8 Å². The predicted octanol–water partition coefficient (Wildman–Crippen LogP) is 3.35. The lowest BCUT2D eigenvalue weighted by Gasteiger charge is -2.22. The lowest BCUT2D eigenvalue weighted by atomic mass is 10.0. The van der Waals surface area contributed by atoms with Crippen molar-refractivity contribution in [2.45, 2.75) is 5.79 Å². The van der Waals surface area contributed by atoms with E-state index in [0.717, 1.165) is 0 Å². The van der Waals surface area contributed by atoms with E-state index in [9.17, 15) is 23.9 Å². The number of ether oxygens (including phenoxy) is 1. The number of halogens is 1. The van der Waals surface area contributed by atoms with E-state index in [-0.39, 0.29) is 16.8 Å². The van der Waals surface area contributed by atoms with Gasteiger partial charge < -0.3 is 20.5 Å². The van der Waals surface area contributed by atoms with Crippen molar-refractivity contribution >= 4 is 28.8 Å². The molecule has 0 spiro atoms. The predicted molar refractivity (Wildman–Crippen MR) is 127 cm³/mol. The van der Waals surface area contributed by atoms with Gasteiger partial charge in [0.25, 0.3) is 17.4 Å². The molecule has 3 N–H and O–H groups in total. The number of aliphatic hydroxyl groups is 1. The van der Waals surface area contributed by atoms with Crippen molar-refractivity contribution in [1.29, 1.82) is 0 Å². The first kappa shape index (κ1) is 22.1. The standard InChI is InChI=1S/C26H18FN3O5/c27-16-8-10-17(11-9-16)30-13-4-6-19(25(30)33)23(31)28-21-7-3-5-18-20(24(32)29-22(18)21)15-26(34)12-1-2-14-35-26/h1-15,34H,(H,28,31)(H,29,32). The Hall–Kier alpha value is -4.76.